The van der Waals surface area contributed by atoms with Crippen molar-refractivity contribution in [2.45, 2.75) is 13.0 Å². The lowest BCUT2D eigenvalue weighted by Gasteiger charge is -2.20. The third-order valence-electron chi connectivity index (χ3n) is 4.29. The molecule has 0 heterocycles. The van der Waals surface area contributed by atoms with Gasteiger partial charge in [-0.2, -0.15) is 0 Å². The van der Waals surface area contributed by atoms with Crippen molar-refractivity contribution in [1.29, 1.82) is 0 Å². The maximum absolute atomic E-state index is 5.52. The molecule has 2 N–H and O–H groups in total. The van der Waals surface area contributed by atoms with Crippen LogP contribution in [0.15, 0.2) is 60.7 Å². The van der Waals surface area contributed by atoms with Gasteiger partial charge in [0.05, 0.1) is 20.3 Å². The molecule has 26 heavy (non-hydrogen) atoms. The Morgan fingerprint density at radius 2 is 1.73 bits per heavy atom. The Bertz CT molecular complexity index is 922. The number of anilines is 1. The van der Waals surface area contributed by atoms with E-state index in [1.807, 2.05) is 49.4 Å². The van der Waals surface area contributed by atoms with Crippen molar-refractivity contribution in [3.8, 4) is 11.5 Å². The minimum atomic E-state index is -0.0463. The second-order valence-corrected chi connectivity index (χ2v) is 6.36. The van der Waals surface area contributed by atoms with Gasteiger partial charge in [-0.05, 0) is 48.8 Å². The molecule has 0 aliphatic heterocycles. The van der Waals surface area contributed by atoms with E-state index in [0.29, 0.717) is 5.11 Å². The number of rotatable bonds is 5. The van der Waals surface area contributed by atoms with E-state index < -0.39 is 0 Å². The Balaban J connectivity index is 1.77. The van der Waals surface area contributed by atoms with Crippen LogP contribution in [0.4, 0.5) is 5.69 Å². The summed E-state index contributed by atoms with van der Waals surface area (Å²) in [5.41, 5.74) is 1.96. The van der Waals surface area contributed by atoms with Crippen LogP contribution < -0.4 is 20.1 Å². The largest absolute Gasteiger partial charge is 0.497 e. The number of methoxy groups -OCH3 is 2. The fraction of sp³-hybridized carbons (Fsp3) is 0.190. The Morgan fingerprint density at radius 3 is 2.50 bits per heavy atom. The average molecular weight is 366 g/mol. The zero-order valence-electron chi connectivity index (χ0n) is 15.1. The Morgan fingerprint density at radius 1 is 0.962 bits per heavy atom. The molecular formula is C21H22N2O2S. The zero-order chi connectivity index (χ0) is 18.5. The normalized spacial score (nSPS) is 11.7. The molecule has 0 bridgehead atoms. The van der Waals surface area contributed by atoms with E-state index in [2.05, 4.69) is 28.8 Å². The number of hydrogen-bond donors (Lipinski definition) is 2. The summed E-state index contributed by atoms with van der Waals surface area (Å²) in [6.07, 6.45) is 0. The third-order valence-corrected chi connectivity index (χ3v) is 4.51. The van der Waals surface area contributed by atoms with Gasteiger partial charge in [0.2, 0.25) is 0 Å². The predicted molar refractivity (Wildman–Crippen MR) is 111 cm³/mol. The van der Waals surface area contributed by atoms with Crippen molar-refractivity contribution >= 4 is 33.8 Å². The third kappa shape index (κ3) is 3.89. The maximum atomic E-state index is 5.52. The standard InChI is InChI=1S/C21H22N2O2S/c1-14(18-13-16(24-2)11-12-20(18)25-3)22-21(26)23-19-10-6-8-15-7-4-5-9-17(15)19/h4-14H,1-3H3,(H2,22,23,26). The van der Waals surface area contributed by atoms with Crippen LogP contribution in [0.25, 0.3) is 10.8 Å². The van der Waals surface area contributed by atoms with Crippen molar-refractivity contribution in [1.82, 2.24) is 5.32 Å². The Labute approximate surface area is 159 Å². The fourth-order valence-electron chi connectivity index (χ4n) is 2.94. The molecule has 0 aromatic heterocycles. The van der Waals surface area contributed by atoms with Crippen LogP contribution in [0, 0.1) is 0 Å². The van der Waals surface area contributed by atoms with Crippen LogP contribution in [0.5, 0.6) is 11.5 Å². The van der Waals surface area contributed by atoms with Crippen LogP contribution in [0.1, 0.15) is 18.5 Å². The molecular weight excluding hydrogens is 344 g/mol. The molecule has 134 valence electrons. The second kappa shape index (κ2) is 8.06. The number of ether oxygens (including phenoxy) is 2. The van der Waals surface area contributed by atoms with Crippen LogP contribution in [-0.2, 0) is 0 Å². The number of nitrogens with one attached hydrogen (secondary N) is 2. The SMILES string of the molecule is COc1ccc(OC)c(C(C)NC(=S)Nc2cccc3ccccc23)c1. The summed E-state index contributed by atoms with van der Waals surface area (Å²) in [6.45, 7) is 2.04. The first kappa shape index (κ1) is 18.0. The summed E-state index contributed by atoms with van der Waals surface area (Å²) in [5, 5.41) is 9.47. The average Bonchev–Trinajstić information content (AvgIpc) is 2.67. The smallest absolute Gasteiger partial charge is 0.171 e. The zero-order valence-corrected chi connectivity index (χ0v) is 15.9. The van der Waals surface area contributed by atoms with Gasteiger partial charge in [-0.1, -0.05) is 36.4 Å². The molecule has 5 heteroatoms. The first-order valence-electron chi connectivity index (χ1n) is 8.39. The second-order valence-electron chi connectivity index (χ2n) is 5.95. The Hall–Kier alpha value is -2.79. The highest BCUT2D eigenvalue weighted by Crippen LogP contribution is 2.29. The van der Waals surface area contributed by atoms with E-state index in [-0.39, 0.29) is 6.04 Å². The van der Waals surface area contributed by atoms with Crippen LogP contribution >= 0.6 is 12.2 Å². The molecule has 0 aliphatic carbocycles. The highest BCUT2D eigenvalue weighted by Gasteiger charge is 2.14. The quantitative estimate of drug-likeness (QED) is 0.629. The first-order valence-corrected chi connectivity index (χ1v) is 8.80. The molecule has 0 amide bonds. The molecule has 0 radical (unpaired) electrons. The molecule has 3 aromatic rings. The molecule has 0 saturated carbocycles. The summed E-state index contributed by atoms with van der Waals surface area (Å²) in [6, 6.07) is 20.0. The van der Waals surface area contributed by atoms with E-state index in [9.17, 15) is 0 Å². The van der Waals surface area contributed by atoms with E-state index >= 15 is 0 Å². The molecule has 3 aromatic carbocycles. The number of hydrogen-bond acceptors (Lipinski definition) is 3. The van der Waals surface area contributed by atoms with Crippen molar-refractivity contribution in [2.75, 3.05) is 19.5 Å². The van der Waals surface area contributed by atoms with E-state index in [1.165, 1.54) is 5.39 Å². The van der Waals surface area contributed by atoms with E-state index in [4.69, 9.17) is 21.7 Å². The van der Waals surface area contributed by atoms with Crippen LogP contribution in [0.3, 0.4) is 0 Å². The highest BCUT2D eigenvalue weighted by molar-refractivity contribution is 7.80. The van der Waals surface area contributed by atoms with Crippen LogP contribution in [-0.4, -0.2) is 19.3 Å². The molecule has 4 nitrogen and oxygen atoms in total. The lowest BCUT2D eigenvalue weighted by atomic mass is 10.1. The van der Waals surface area contributed by atoms with Crippen LogP contribution in [0.2, 0.25) is 0 Å². The molecule has 3 rings (SSSR count). The predicted octanol–water partition coefficient (Wildman–Crippen LogP) is 4.90. The lowest BCUT2D eigenvalue weighted by Crippen LogP contribution is -2.31. The van der Waals surface area contributed by atoms with Gasteiger partial charge in [0, 0.05) is 16.6 Å². The number of benzene rings is 3. The molecule has 0 fully saturated rings. The first-order chi connectivity index (χ1) is 12.6. The van der Waals surface area contributed by atoms with Gasteiger partial charge in [-0.15, -0.1) is 0 Å². The van der Waals surface area contributed by atoms with Crippen molar-refractivity contribution in [2.24, 2.45) is 0 Å². The Kier molecular flexibility index (Phi) is 5.58. The van der Waals surface area contributed by atoms with Gasteiger partial charge in [0.1, 0.15) is 11.5 Å². The molecule has 0 spiro atoms. The minimum absolute atomic E-state index is 0.0463. The molecule has 0 aliphatic rings. The summed E-state index contributed by atoms with van der Waals surface area (Å²) in [7, 11) is 3.31. The maximum Gasteiger partial charge on any atom is 0.171 e. The summed E-state index contributed by atoms with van der Waals surface area (Å²) >= 11 is 5.52. The fourth-order valence-corrected chi connectivity index (χ4v) is 3.23. The monoisotopic (exact) mass is 366 g/mol. The van der Waals surface area contributed by atoms with E-state index in [1.54, 1.807) is 14.2 Å². The van der Waals surface area contributed by atoms with Crippen molar-refractivity contribution in [3.05, 3.63) is 66.2 Å². The minimum Gasteiger partial charge on any atom is -0.497 e. The number of thiocarbonyl (C=S) groups is 1. The molecule has 0 saturated heterocycles. The number of fused-ring (bicyclic) bond motifs is 1. The van der Waals surface area contributed by atoms with Crippen molar-refractivity contribution < 1.29 is 9.47 Å². The van der Waals surface area contributed by atoms with Gasteiger partial charge in [0.25, 0.3) is 0 Å². The van der Waals surface area contributed by atoms with Crippen molar-refractivity contribution in [3.63, 3.8) is 0 Å². The van der Waals surface area contributed by atoms with Gasteiger partial charge in [-0.25, -0.2) is 0 Å². The van der Waals surface area contributed by atoms with Gasteiger partial charge < -0.3 is 20.1 Å². The highest BCUT2D eigenvalue weighted by atomic mass is 32.1. The topological polar surface area (TPSA) is 42.5 Å². The summed E-state index contributed by atoms with van der Waals surface area (Å²) in [5.74, 6) is 1.57. The van der Waals surface area contributed by atoms with E-state index in [0.717, 1.165) is 28.1 Å². The lowest BCUT2D eigenvalue weighted by molar-refractivity contribution is 0.395. The van der Waals surface area contributed by atoms with Gasteiger partial charge in [-0.3, -0.25) is 0 Å². The van der Waals surface area contributed by atoms with Gasteiger partial charge in [0.15, 0.2) is 5.11 Å². The van der Waals surface area contributed by atoms with Gasteiger partial charge >= 0.3 is 0 Å². The summed E-state index contributed by atoms with van der Waals surface area (Å²) < 4.78 is 10.8. The molecule has 1 unspecified atom stereocenters. The molecule has 1 atom stereocenters. The summed E-state index contributed by atoms with van der Waals surface area (Å²) in [4.78, 5) is 0.